The molecule has 64 heavy (non-hydrogen) atoms. The molecule has 11 aromatic rings. The number of furan rings is 1. The van der Waals surface area contributed by atoms with Crippen LogP contribution in [0.1, 0.15) is 77.6 Å². The fourth-order valence-electron chi connectivity index (χ4n) is 11.3. The smallest absolute Gasteiger partial charge is 0.198 e. The van der Waals surface area contributed by atoms with Crippen LogP contribution in [0.15, 0.2) is 144 Å². The van der Waals surface area contributed by atoms with E-state index >= 15 is 0 Å². The highest BCUT2D eigenvalue weighted by molar-refractivity contribution is 7.25. The van der Waals surface area contributed by atoms with E-state index in [-0.39, 0.29) is 16.2 Å². The molecule has 0 saturated carbocycles. The van der Waals surface area contributed by atoms with Gasteiger partial charge in [0, 0.05) is 69.9 Å². The van der Waals surface area contributed by atoms with Crippen LogP contribution in [0.25, 0.3) is 91.9 Å². The Morgan fingerprint density at radius 3 is 2.11 bits per heavy atom. The summed E-state index contributed by atoms with van der Waals surface area (Å²) in [5.74, 6) is 0. The van der Waals surface area contributed by atoms with Crippen molar-refractivity contribution in [3.8, 4) is 27.9 Å². The number of hydrogen-bond donors (Lipinski definition) is 1. The topological polar surface area (TPSA) is 30.1 Å². The molecule has 8 aromatic carbocycles. The van der Waals surface area contributed by atoms with Crippen LogP contribution in [0.4, 0.5) is 11.4 Å². The normalized spacial score (nSPS) is 14.2. The molecule has 0 atom stereocenters. The maximum atomic E-state index is 6.84. The van der Waals surface area contributed by atoms with Crippen LogP contribution in [0, 0.1) is 0 Å². The minimum Gasteiger partial charge on any atom is -0.455 e. The molecule has 0 spiro atoms. The van der Waals surface area contributed by atoms with Gasteiger partial charge in [-0.3, -0.25) is 0 Å². The standard InChI is InChI=1S/C59H49BN2OS/c1-57(2,3)32-17-20-34(21-18-32)61-47-31-52-43(37-22-19-33(58(4,5)6)27-51(37)64-52)28-42(47)38-23-24-40-53-48(26-25-39-36-14-10-12-16-50(36)63-56(39)53)62-49-29-41-35-13-9-11-15-44(35)59(7,8)45(41)30-46(49)60-54(38)55(40)62/h9-31,60-61H,1-8H3. The van der Waals surface area contributed by atoms with Gasteiger partial charge in [0.1, 0.15) is 11.2 Å². The summed E-state index contributed by atoms with van der Waals surface area (Å²) >= 11 is 1.90. The molecule has 4 heterocycles. The summed E-state index contributed by atoms with van der Waals surface area (Å²) in [6, 6.07) is 53.0. The Morgan fingerprint density at radius 2 is 1.30 bits per heavy atom. The van der Waals surface area contributed by atoms with E-state index in [2.05, 4.69) is 205 Å². The number of benzene rings is 8. The fraction of sp³-hybridized carbons (Fsp3) is 0.186. The largest absolute Gasteiger partial charge is 0.455 e. The Bertz CT molecular complexity index is 3830. The van der Waals surface area contributed by atoms with Gasteiger partial charge in [-0.2, -0.15) is 0 Å². The quantitative estimate of drug-likeness (QED) is 0.180. The number of para-hydroxylation sites is 1. The molecule has 2 aliphatic rings. The third kappa shape index (κ3) is 5.28. The van der Waals surface area contributed by atoms with Crippen LogP contribution in [-0.2, 0) is 16.2 Å². The molecular weight excluding hydrogens is 796 g/mol. The van der Waals surface area contributed by atoms with Gasteiger partial charge in [-0.25, -0.2) is 0 Å². The Morgan fingerprint density at radius 1 is 0.578 bits per heavy atom. The van der Waals surface area contributed by atoms with Crippen molar-refractivity contribution >= 4 is 105 Å². The summed E-state index contributed by atoms with van der Waals surface area (Å²) in [5, 5.41) is 11.3. The van der Waals surface area contributed by atoms with E-state index < -0.39 is 0 Å². The number of thiophene rings is 1. The van der Waals surface area contributed by atoms with E-state index in [0.717, 1.165) is 40.6 Å². The van der Waals surface area contributed by atoms with Crippen LogP contribution in [0.5, 0.6) is 0 Å². The molecule has 0 unspecified atom stereocenters. The molecule has 13 rings (SSSR count). The third-order valence-corrected chi connectivity index (χ3v) is 15.8. The van der Waals surface area contributed by atoms with Gasteiger partial charge in [0.25, 0.3) is 0 Å². The zero-order chi connectivity index (χ0) is 43.6. The van der Waals surface area contributed by atoms with Crippen molar-refractivity contribution in [1.82, 2.24) is 4.57 Å². The van der Waals surface area contributed by atoms with E-state index in [1.165, 1.54) is 103 Å². The molecule has 310 valence electrons. The number of fused-ring (bicyclic) bond motifs is 15. The number of anilines is 2. The lowest BCUT2D eigenvalue weighted by Gasteiger charge is -2.27. The number of aromatic nitrogens is 1. The molecule has 0 bridgehead atoms. The van der Waals surface area contributed by atoms with E-state index in [4.69, 9.17) is 4.42 Å². The molecule has 1 N–H and O–H groups in total. The molecule has 0 amide bonds. The lowest BCUT2D eigenvalue weighted by molar-refractivity contribution is 0.590. The molecule has 1 aliphatic heterocycles. The lowest BCUT2D eigenvalue weighted by atomic mass is 9.58. The Labute approximate surface area is 378 Å². The predicted molar refractivity (Wildman–Crippen MR) is 277 cm³/mol. The Kier molecular flexibility index (Phi) is 7.59. The van der Waals surface area contributed by atoms with Crippen molar-refractivity contribution < 1.29 is 4.42 Å². The van der Waals surface area contributed by atoms with Gasteiger partial charge in [0.05, 0.1) is 10.9 Å². The van der Waals surface area contributed by atoms with Gasteiger partial charge in [-0.1, -0.05) is 146 Å². The van der Waals surface area contributed by atoms with Gasteiger partial charge >= 0.3 is 0 Å². The maximum Gasteiger partial charge on any atom is 0.198 e. The monoisotopic (exact) mass is 844 g/mol. The van der Waals surface area contributed by atoms with Gasteiger partial charge in [-0.15, -0.1) is 11.3 Å². The van der Waals surface area contributed by atoms with Crippen LogP contribution in [0.2, 0.25) is 0 Å². The molecule has 3 aromatic heterocycles. The lowest BCUT2D eigenvalue weighted by Crippen LogP contribution is -2.38. The number of rotatable bonds is 3. The minimum absolute atomic E-state index is 0.0698. The predicted octanol–water partition coefficient (Wildman–Crippen LogP) is 15.1. The molecule has 0 saturated heterocycles. The molecule has 3 nitrogen and oxygen atoms in total. The van der Waals surface area contributed by atoms with E-state index in [9.17, 15) is 0 Å². The second-order valence-electron chi connectivity index (χ2n) is 21.0. The van der Waals surface area contributed by atoms with Crippen molar-refractivity contribution in [2.24, 2.45) is 0 Å². The van der Waals surface area contributed by atoms with E-state index in [0.29, 0.717) is 0 Å². The Hall–Kier alpha value is -6.56. The van der Waals surface area contributed by atoms with Crippen LogP contribution in [0.3, 0.4) is 0 Å². The highest BCUT2D eigenvalue weighted by Gasteiger charge is 2.38. The van der Waals surface area contributed by atoms with Crippen LogP contribution < -0.4 is 16.2 Å². The Balaban J connectivity index is 1.11. The molecule has 1 aliphatic carbocycles. The molecule has 0 radical (unpaired) electrons. The average molecular weight is 845 g/mol. The van der Waals surface area contributed by atoms with E-state index in [1.54, 1.807) is 0 Å². The first-order chi connectivity index (χ1) is 30.7. The highest BCUT2D eigenvalue weighted by Crippen LogP contribution is 2.51. The SMILES string of the molecule is CC(C)(C)c1ccc(Nc2cc3sc4cc(C(C)(C)C)ccc4c3cc2-c2ccc3c4c5oc6ccccc6c5ccc4n4c3c2Bc2cc3c(cc2-4)-c2ccccc2C3(C)C)cc1. The number of hydrogen-bond acceptors (Lipinski definition) is 3. The first kappa shape index (κ1) is 38.0. The first-order valence-corrected chi connectivity index (χ1v) is 23.6. The summed E-state index contributed by atoms with van der Waals surface area (Å²) in [6.45, 7) is 18.5. The van der Waals surface area contributed by atoms with Crippen LogP contribution >= 0.6 is 11.3 Å². The second-order valence-corrected chi connectivity index (χ2v) is 22.1. The zero-order valence-corrected chi connectivity index (χ0v) is 38.6. The van der Waals surface area contributed by atoms with Crippen molar-refractivity contribution in [1.29, 1.82) is 0 Å². The number of nitrogens with one attached hydrogen (secondary N) is 1. The molecule has 0 fully saturated rings. The number of nitrogens with zero attached hydrogens (tertiary/aromatic N) is 1. The fourth-order valence-corrected chi connectivity index (χ4v) is 12.4. The molecule has 5 heteroatoms. The first-order valence-electron chi connectivity index (χ1n) is 22.8. The summed E-state index contributed by atoms with van der Waals surface area (Å²) in [7, 11) is 0.818. The van der Waals surface area contributed by atoms with Gasteiger partial charge in [-0.05, 0) is 110 Å². The summed E-state index contributed by atoms with van der Waals surface area (Å²) in [4.78, 5) is 0. The van der Waals surface area contributed by atoms with Gasteiger partial charge < -0.3 is 14.3 Å². The van der Waals surface area contributed by atoms with Gasteiger partial charge in [0.15, 0.2) is 7.28 Å². The highest BCUT2D eigenvalue weighted by atomic mass is 32.1. The van der Waals surface area contributed by atoms with Crippen molar-refractivity contribution in [2.45, 2.75) is 71.6 Å². The maximum absolute atomic E-state index is 6.84. The molecular formula is C59H49BN2OS. The van der Waals surface area contributed by atoms with Crippen molar-refractivity contribution in [3.05, 3.63) is 162 Å². The van der Waals surface area contributed by atoms with Crippen molar-refractivity contribution in [3.63, 3.8) is 0 Å². The van der Waals surface area contributed by atoms with Gasteiger partial charge in [0.2, 0.25) is 0 Å². The van der Waals surface area contributed by atoms with Crippen molar-refractivity contribution in [2.75, 3.05) is 5.32 Å². The zero-order valence-electron chi connectivity index (χ0n) is 37.7. The van der Waals surface area contributed by atoms with E-state index in [1.807, 2.05) is 11.3 Å². The second kappa shape index (κ2) is 12.8. The minimum atomic E-state index is -0.104. The summed E-state index contributed by atoms with van der Waals surface area (Å²) in [6.07, 6.45) is 0. The van der Waals surface area contributed by atoms with Crippen LogP contribution in [-0.4, -0.2) is 11.8 Å². The average Bonchev–Trinajstić information content (AvgIpc) is 3.99. The third-order valence-electron chi connectivity index (χ3n) is 14.7. The summed E-state index contributed by atoms with van der Waals surface area (Å²) in [5.41, 5.74) is 21.2. The summed E-state index contributed by atoms with van der Waals surface area (Å²) < 4.78 is 12.0.